The summed E-state index contributed by atoms with van der Waals surface area (Å²) in [5.74, 6) is 0.0304. The van der Waals surface area contributed by atoms with E-state index in [1.165, 1.54) is 0 Å². The number of fused-ring (bicyclic) bond motifs is 1. The molecule has 0 saturated heterocycles. The number of nitrogens with one attached hydrogen (secondary N) is 1. The van der Waals surface area contributed by atoms with Crippen molar-refractivity contribution in [2.45, 2.75) is 0 Å². The number of hydrogen-bond donors (Lipinski definition) is 1. The van der Waals surface area contributed by atoms with Crippen LogP contribution in [0.5, 0.6) is 0 Å². The second-order valence-electron chi connectivity index (χ2n) is 4.20. The van der Waals surface area contributed by atoms with Gasteiger partial charge in [0.25, 0.3) is 0 Å². The highest BCUT2D eigenvalue weighted by atomic mass is 127. The van der Waals surface area contributed by atoms with Gasteiger partial charge in [-0.2, -0.15) is 0 Å². The molecule has 94 valence electrons. The topological polar surface area (TPSA) is 32.9 Å². The van der Waals surface area contributed by atoms with E-state index in [9.17, 15) is 4.79 Å². The maximum absolute atomic E-state index is 12.6. The van der Waals surface area contributed by atoms with Crippen LogP contribution in [0.15, 0.2) is 53.1 Å². The van der Waals surface area contributed by atoms with E-state index in [1.807, 2.05) is 42.5 Å². The molecule has 0 atom stereocenters. The molecule has 1 heterocycles. The molecule has 0 aliphatic heterocycles. The number of H-pyrrole nitrogens is 1. The van der Waals surface area contributed by atoms with Crippen molar-refractivity contribution in [3.05, 3.63) is 67.8 Å². The summed E-state index contributed by atoms with van der Waals surface area (Å²) >= 11 is 5.66. The van der Waals surface area contributed by atoms with Gasteiger partial charge in [0.1, 0.15) is 0 Å². The van der Waals surface area contributed by atoms with Crippen molar-refractivity contribution < 1.29 is 4.79 Å². The molecule has 0 spiro atoms. The lowest BCUT2D eigenvalue weighted by Gasteiger charge is -2.03. The van der Waals surface area contributed by atoms with Crippen LogP contribution < -0.4 is 0 Å². The molecule has 1 aromatic heterocycles. The maximum Gasteiger partial charge on any atom is 0.196 e. The van der Waals surface area contributed by atoms with Crippen LogP contribution in [0.3, 0.4) is 0 Å². The Morgan fingerprint density at radius 3 is 2.74 bits per heavy atom. The highest BCUT2D eigenvalue weighted by Gasteiger charge is 2.16. The van der Waals surface area contributed by atoms with E-state index in [0.29, 0.717) is 11.1 Å². The third-order valence-corrected chi connectivity index (χ3v) is 4.37. The first-order valence-electron chi connectivity index (χ1n) is 5.72. The Morgan fingerprint density at radius 1 is 1.11 bits per heavy atom. The predicted molar refractivity (Wildman–Crippen MR) is 88.6 cm³/mol. The van der Waals surface area contributed by atoms with Crippen molar-refractivity contribution in [2.24, 2.45) is 0 Å². The van der Waals surface area contributed by atoms with Gasteiger partial charge in [-0.05, 0) is 46.9 Å². The zero-order chi connectivity index (χ0) is 13.4. The molecule has 0 bridgehead atoms. The van der Waals surface area contributed by atoms with Gasteiger partial charge in [-0.3, -0.25) is 4.79 Å². The number of halogens is 2. The summed E-state index contributed by atoms with van der Waals surface area (Å²) in [7, 11) is 0. The predicted octanol–water partition coefficient (Wildman–Crippen LogP) is 4.77. The molecule has 0 aliphatic rings. The number of rotatable bonds is 2. The lowest BCUT2D eigenvalue weighted by atomic mass is 10.0. The van der Waals surface area contributed by atoms with Gasteiger partial charge < -0.3 is 4.98 Å². The van der Waals surface area contributed by atoms with E-state index < -0.39 is 0 Å². The second-order valence-corrected chi connectivity index (χ2v) is 6.30. The summed E-state index contributed by atoms with van der Waals surface area (Å²) < 4.78 is 1.87. The minimum atomic E-state index is 0.0304. The number of carbonyl (C=O) groups excluding carboxylic acids is 1. The van der Waals surface area contributed by atoms with Crippen LogP contribution in [0, 0.1) is 3.57 Å². The monoisotopic (exact) mass is 425 g/mol. The fourth-order valence-corrected chi connectivity index (χ4v) is 2.99. The third-order valence-electron chi connectivity index (χ3n) is 3.01. The van der Waals surface area contributed by atoms with Crippen LogP contribution in [-0.4, -0.2) is 10.8 Å². The van der Waals surface area contributed by atoms with Crippen molar-refractivity contribution in [1.82, 2.24) is 4.98 Å². The van der Waals surface area contributed by atoms with E-state index in [1.54, 1.807) is 6.20 Å². The molecule has 2 aromatic carbocycles. The van der Waals surface area contributed by atoms with Gasteiger partial charge >= 0.3 is 0 Å². The molecular formula is C15H9BrINO. The molecule has 3 rings (SSSR count). The van der Waals surface area contributed by atoms with E-state index >= 15 is 0 Å². The molecule has 0 amide bonds. The average molecular weight is 426 g/mol. The molecule has 19 heavy (non-hydrogen) atoms. The first-order valence-corrected chi connectivity index (χ1v) is 7.60. The SMILES string of the molecule is O=C(c1cc(I)ccc1Br)c1c[nH]c2ccccc12. The molecule has 0 aliphatic carbocycles. The third kappa shape index (κ3) is 2.34. The summed E-state index contributed by atoms with van der Waals surface area (Å²) in [5, 5.41) is 0.957. The lowest BCUT2D eigenvalue weighted by molar-refractivity contribution is 0.103. The lowest BCUT2D eigenvalue weighted by Crippen LogP contribution is -2.02. The molecular weight excluding hydrogens is 417 g/mol. The first-order chi connectivity index (χ1) is 9.16. The van der Waals surface area contributed by atoms with Crippen LogP contribution in [0.25, 0.3) is 10.9 Å². The van der Waals surface area contributed by atoms with Crippen molar-refractivity contribution in [1.29, 1.82) is 0 Å². The Morgan fingerprint density at radius 2 is 1.89 bits per heavy atom. The summed E-state index contributed by atoms with van der Waals surface area (Å²) in [5.41, 5.74) is 2.38. The number of hydrogen-bond acceptors (Lipinski definition) is 1. The molecule has 4 heteroatoms. The summed E-state index contributed by atoms with van der Waals surface area (Å²) in [6, 6.07) is 13.6. The number of aromatic amines is 1. The van der Waals surface area contributed by atoms with Crippen molar-refractivity contribution >= 4 is 55.2 Å². The van der Waals surface area contributed by atoms with E-state index in [0.717, 1.165) is 18.9 Å². The summed E-state index contributed by atoms with van der Waals surface area (Å²) in [6.45, 7) is 0. The summed E-state index contributed by atoms with van der Waals surface area (Å²) in [6.07, 6.45) is 1.78. The fourth-order valence-electron chi connectivity index (χ4n) is 2.08. The van der Waals surface area contributed by atoms with E-state index in [-0.39, 0.29) is 5.78 Å². The molecule has 0 unspecified atom stereocenters. The Kier molecular flexibility index (Phi) is 3.45. The van der Waals surface area contributed by atoms with Crippen molar-refractivity contribution in [3.8, 4) is 0 Å². The Balaban J connectivity index is 2.16. The Labute approximate surface area is 132 Å². The van der Waals surface area contributed by atoms with Crippen molar-refractivity contribution in [3.63, 3.8) is 0 Å². The van der Waals surface area contributed by atoms with Gasteiger partial charge in [-0.15, -0.1) is 0 Å². The largest absolute Gasteiger partial charge is 0.360 e. The van der Waals surface area contributed by atoms with Gasteiger partial charge in [0.05, 0.1) is 0 Å². The second kappa shape index (κ2) is 5.09. The quantitative estimate of drug-likeness (QED) is 0.465. The van der Waals surface area contributed by atoms with Crippen molar-refractivity contribution in [2.75, 3.05) is 0 Å². The molecule has 3 aromatic rings. The van der Waals surface area contributed by atoms with Gasteiger partial charge in [0.15, 0.2) is 5.78 Å². The van der Waals surface area contributed by atoms with Crippen LogP contribution in [-0.2, 0) is 0 Å². The Hall–Kier alpha value is -1.14. The number of carbonyl (C=O) groups is 1. The average Bonchev–Trinajstić information content (AvgIpc) is 2.84. The van der Waals surface area contributed by atoms with Crippen LogP contribution in [0.2, 0.25) is 0 Å². The summed E-state index contributed by atoms with van der Waals surface area (Å²) in [4.78, 5) is 15.8. The maximum atomic E-state index is 12.6. The van der Waals surface area contributed by atoms with Crippen LogP contribution in [0.1, 0.15) is 15.9 Å². The number of benzene rings is 2. The Bertz CT molecular complexity index is 779. The zero-order valence-electron chi connectivity index (χ0n) is 9.78. The highest BCUT2D eigenvalue weighted by molar-refractivity contribution is 14.1. The fraction of sp³-hybridized carbons (Fsp3) is 0. The highest BCUT2D eigenvalue weighted by Crippen LogP contribution is 2.26. The van der Waals surface area contributed by atoms with Crippen LogP contribution >= 0.6 is 38.5 Å². The smallest absolute Gasteiger partial charge is 0.196 e. The molecule has 2 nitrogen and oxygen atoms in total. The number of ketones is 1. The first kappa shape index (κ1) is 12.9. The van der Waals surface area contributed by atoms with Crippen LogP contribution in [0.4, 0.5) is 0 Å². The van der Waals surface area contributed by atoms with Gasteiger partial charge in [0.2, 0.25) is 0 Å². The molecule has 0 fully saturated rings. The minimum absolute atomic E-state index is 0.0304. The standard InChI is InChI=1S/C15H9BrINO/c16-13-6-5-9(17)7-11(13)15(19)12-8-18-14-4-2-1-3-10(12)14/h1-8,18H. The minimum Gasteiger partial charge on any atom is -0.360 e. The normalized spacial score (nSPS) is 10.8. The van der Waals surface area contributed by atoms with Gasteiger partial charge in [-0.1, -0.05) is 34.1 Å². The number of aromatic nitrogens is 1. The van der Waals surface area contributed by atoms with Gasteiger partial charge in [0, 0.05) is 36.3 Å². The zero-order valence-corrected chi connectivity index (χ0v) is 13.5. The number of para-hydroxylation sites is 1. The van der Waals surface area contributed by atoms with E-state index in [2.05, 4.69) is 43.5 Å². The molecule has 1 N–H and O–H groups in total. The van der Waals surface area contributed by atoms with E-state index in [4.69, 9.17) is 0 Å². The molecule has 0 saturated carbocycles. The van der Waals surface area contributed by atoms with Gasteiger partial charge in [-0.25, -0.2) is 0 Å². The molecule has 0 radical (unpaired) electrons.